The molecule has 0 saturated heterocycles. The molecule has 0 aromatic heterocycles. The highest BCUT2D eigenvalue weighted by Gasteiger charge is 2.07. The lowest BCUT2D eigenvalue weighted by atomic mass is 10.3. The minimum Gasteiger partial charge on any atom is -0.497 e. The van der Waals surface area contributed by atoms with E-state index in [-0.39, 0.29) is 0 Å². The van der Waals surface area contributed by atoms with Gasteiger partial charge >= 0.3 is 0 Å². The first-order valence-electron chi connectivity index (χ1n) is 5.61. The van der Waals surface area contributed by atoms with E-state index in [9.17, 15) is 4.21 Å². The topological polar surface area (TPSA) is 44.8 Å². The highest BCUT2D eigenvalue weighted by molar-refractivity contribution is 7.80. The summed E-state index contributed by atoms with van der Waals surface area (Å²) in [6.45, 7) is 0. The van der Waals surface area contributed by atoms with Gasteiger partial charge in [0.1, 0.15) is 17.2 Å². The lowest BCUT2D eigenvalue weighted by Gasteiger charge is -2.07. The van der Waals surface area contributed by atoms with Crippen LogP contribution in [0.2, 0.25) is 0 Å². The molecule has 0 aliphatic carbocycles. The van der Waals surface area contributed by atoms with Gasteiger partial charge < -0.3 is 13.7 Å². The molecule has 0 saturated carbocycles. The molecular formula is C14H14O4S. The summed E-state index contributed by atoms with van der Waals surface area (Å²) in [5.41, 5.74) is 0. The number of ether oxygens (including phenoxy) is 2. The van der Waals surface area contributed by atoms with Crippen LogP contribution in [0.25, 0.3) is 0 Å². The number of rotatable bonds is 5. The monoisotopic (exact) mass is 278 g/mol. The number of benzene rings is 2. The van der Waals surface area contributed by atoms with Gasteiger partial charge in [-0.3, -0.25) is 0 Å². The first-order valence-corrected chi connectivity index (χ1v) is 6.68. The van der Waals surface area contributed by atoms with Gasteiger partial charge in [-0.25, -0.2) is 4.21 Å². The van der Waals surface area contributed by atoms with Crippen molar-refractivity contribution in [3.63, 3.8) is 0 Å². The summed E-state index contributed by atoms with van der Waals surface area (Å²) in [6, 6.07) is 13.9. The summed E-state index contributed by atoms with van der Waals surface area (Å²) in [6.07, 6.45) is 0. The van der Waals surface area contributed by atoms with Crippen LogP contribution in [0, 0.1) is 0 Å². The van der Waals surface area contributed by atoms with E-state index in [2.05, 4.69) is 0 Å². The maximum Gasteiger partial charge on any atom is 0.240 e. The van der Waals surface area contributed by atoms with E-state index in [1.807, 2.05) is 0 Å². The molecule has 19 heavy (non-hydrogen) atoms. The molecule has 0 fully saturated rings. The van der Waals surface area contributed by atoms with Crippen molar-refractivity contribution in [1.29, 1.82) is 0 Å². The molecule has 100 valence electrons. The molecule has 2 rings (SSSR count). The van der Waals surface area contributed by atoms with Gasteiger partial charge in [-0.15, -0.1) is 0 Å². The molecule has 2 aromatic carbocycles. The molecule has 5 heteroatoms. The van der Waals surface area contributed by atoms with E-state index in [1.165, 1.54) is 0 Å². The minimum atomic E-state index is -1.58. The van der Waals surface area contributed by atoms with Gasteiger partial charge in [0.25, 0.3) is 0 Å². The van der Waals surface area contributed by atoms with Crippen molar-refractivity contribution in [2.45, 2.75) is 4.90 Å². The Kier molecular flexibility index (Phi) is 4.41. The standard InChI is InChI=1S/C14H14O4S/c1-16-11-6-8-12(9-7-11)18-19(15)14-5-3-4-13(10-14)17-2/h3-10H,1-2H3. The second-order valence-electron chi connectivity index (χ2n) is 3.67. The lowest BCUT2D eigenvalue weighted by molar-refractivity contribution is 0.413. The second kappa shape index (κ2) is 6.24. The number of methoxy groups -OCH3 is 2. The van der Waals surface area contributed by atoms with E-state index in [1.54, 1.807) is 62.8 Å². The van der Waals surface area contributed by atoms with E-state index < -0.39 is 11.1 Å². The summed E-state index contributed by atoms with van der Waals surface area (Å²) in [5.74, 6) is 1.88. The summed E-state index contributed by atoms with van der Waals surface area (Å²) in [7, 11) is 3.15. The normalized spacial score (nSPS) is 11.7. The van der Waals surface area contributed by atoms with Crippen molar-refractivity contribution in [2.75, 3.05) is 14.2 Å². The van der Waals surface area contributed by atoms with Gasteiger partial charge in [0.05, 0.1) is 19.1 Å². The zero-order valence-corrected chi connectivity index (χ0v) is 11.5. The van der Waals surface area contributed by atoms with Crippen molar-refractivity contribution < 1.29 is 17.9 Å². The van der Waals surface area contributed by atoms with Gasteiger partial charge in [0.2, 0.25) is 11.1 Å². The van der Waals surface area contributed by atoms with Crippen LogP contribution in [0.5, 0.6) is 17.2 Å². The van der Waals surface area contributed by atoms with Crippen molar-refractivity contribution in [3.05, 3.63) is 48.5 Å². The summed E-state index contributed by atoms with van der Waals surface area (Å²) < 4.78 is 27.5. The molecule has 0 N–H and O–H groups in total. The number of hydrogen-bond acceptors (Lipinski definition) is 4. The van der Waals surface area contributed by atoms with E-state index in [0.29, 0.717) is 16.4 Å². The largest absolute Gasteiger partial charge is 0.497 e. The Labute approximate surface area is 114 Å². The summed E-state index contributed by atoms with van der Waals surface area (Å²) in [4.78, 5) is 0.551. The maximum absolute atomic E-state index is 12.0. The number of hydrogen-bond donors (Lipinski definition) is 0. The molecule has 4 nitrogen and oxygen atoms in total. The molecule has 0 aliphatic rings. The van der Waals surface area contributed by atoms with Crippen LogP contribution in [0.4, 0.5) is 0 Å². The van der Waals surface area contributed by atoms with Crippen LogP contribution in [0.3, 0.4) is 0 Å². The van der Waals surface area contributed by atoms with Gasteiger partial charge in [0, 0.05) is 0 Å². The van der Waals surface area contributed by atoms with Crippen molar-refractivity contribution >= 4 is 11.1 Å². The second-order valence-corrected chi connectivity index (χ2v) is 4.78. The van der Waals surface area contributed by atoms with Crippen LogP contribution >= 0.6 is 0 Å². The first-order chi connectivity index (χ1) is 9.22. The van der Waals surface area contributed by atoms with Crippen LogP contribution in [0.15, 0.2) is 53.4 Å². The highest BCUT2D eigenvalue weighted by Crippen LogP contribution is 2.21. The Balaban J connectivity index is 2.11. The van der Waals surface area contributed by atoms with Gasteiger partial charge in [-0.1, -0.05) is 6.07 Å². The van der Waals surface area contributed by atoms with Crippen molar-refractivity contribution in [1.82, 2.24) is 0 Å². The summed E-state index contributed by atoms with van der Waals surface area (Å²) >= 11 is -1.58. The third-order valence-corrected chi connectivity index (χ3v) is 3.45. The van der Waals surface area contributed by atoms with Gasteiger partial charge in [0.15, 0.2) is 0 Å². The Morgan fingerprint density at radius 2 is 1.47 bits per heavy atom. The van der Waals surface area contributed by atoms with Crippen molar-refractivity contribution in [3.8, 4) is 17.2 Å². The molecule has 0 radical (unpaired) electrons. The zero-order valence-electron chi connectivity index (χ0n) is 10.7. The molecule has 0 bridgehead atoms. The minimum absolute atomic E-state index is 0.516. The third kappa shape index (κ3) is 3.48. The fourth-order valence-corrected chi connectivity index (χ4v) is 2.26. The van der Waals surface area contributed by atoms with Crippen LogP contribution < -0.4 is 13.7 Å². The van der Waals surface area contributed by atoms with Crippen molar-refractivity contribution in [2.24, 2.45) is 0 Å². The Morgan fingerprint density at radius 1 is 0.842 bits per heavy atom. The lowest BCUT2D eigenvalue weighted by Crippen LogP contribution is -2.01. The quantitative estimate of drug-likeness (QED) is 0.843. The average Bonchev–Trinajstić information content (AvgIpc) is 2.48. The predicted octanol–water partition coefficient (Wildman–Crippen LogP) is 2.81. The average molecular weight is 278 g/mol. The molecule has 0 spiro atoms. The van der Waals surface area contributed by atoms with E-state index in [4.69, 9.17) is 13.7 Å². The van der Waals surface area contributed by atoms with Gasteiger partial charge in [-0.2, -0.15) is 0 Å². The molecule has 0 aliphatic heterocycles. The molecular weight excluding hydrogens is 264 g/mol. The predicted molar refractivity (Wildman–Crippen MR) is 73.0 cm³/mol. The van der Waals surface area contributed by atoms with Gasteiger partial charge in [-0.05, 0) is 42.5 Å². The fourth-order valence-electron chi connectivity index (χ4n) is 1.47. The molecule has 1 atom stereocenters. The molecule has 2 aromatic rings. The Bertz CT molecular complexity index is 566. The molecule has 1 unspecified atom stereocenters. The fraction of sp³-hybridized carbons (Fsp3) is 0.143. The van der Waals surface area contributed by atoms with E-state index >= 15 is 0 Å². The smallest absolute Gasteiger partial charge is 0.240 e. The molecule has 0 heterocycles. The molecule has 0 amide bonds. The Morgan fingerprint density at radius 3 is 2.11 bits per heavy atom. The Hall–Kier alpha value is -2.01. The maximum atomic E-state index is 12.0. The van der Waals surface area contributed by atoms with E-state index in [0.717, 1.165) is 5.75 Å². The SMILES string of the molecule is COc1ccc(OS(=O)c2cccc(OC)c2)cc1. The van der Waals surface area contributed by atoms with Crippen LogP contribution in [-0.4, -0.2) is 18.4 Å². The first kappa shape index (κ1) is 13.4. The third-order valence-electron chi connectivity index (χ3n) is 2.47. The highest BCUT2D eigenvalue weighted by atomic mass is 32.2. The van der Waals surface area contributed by atoms with Crippen LogP contribution in [-0.2, 0) is 11.1 Å². The zero-order chi connectivity index (χ0) is 13.7. The summed E-state index contributed by atoms with van der Waals surface area (Å²) in [5, 5.41) is 0. The van der Waals surface area contributed by atoms with Crippen LogP contribution in [0.1, 0.15) is 0 Å².